The van der Waals surface area contributed by atoms with Gasteiger partial charge in [-0.1, -0.05) is 15.9 Å². The van der Waals surface area contributed by atoms with E-state index in [1.54, 1.807) is 25.1 Å². The highest BCUT2D eigenvalue weighted by molar-refractivity contribution is 9.10. The summed E-state index contributed by atoms with van der Waals surface area (Å²) in [6.45, 7) is 1.75. The average molecular weight is 283 g/mol. The van der Waals surface area contributed by atoms with E-state index < -0.39 is 17.8 Å². The number of anilines is 1. The molecule has 1 fully saturated rings. The molecule has 82 valence electrons. The number of hydrogen-bond donors (Lipinski definition) is 1. The molecule has 0 aliphatic carbocycles. The Morgan fingerprint density at radius 2 is 1.94 bits per heavy atom. The van der Waals surface area contributed by atoms with E-state index in [0.29, 0.717) is 5.69 Å². The lowest BCUT2D eigenvalue weighted by Crippen LogP contribution is -2.31. The predicted octanol–water partition coefficient (Wildman–Crippen LogP) is 1.34. The van der Waals surface area contributed by atoms with Gasteiger partial charge in [0.15, 0.2) is 0 Å². The Labute approximate surface area is 99.5 Å². The third kappa shape index (κ3) is 1.61. The Kier molecular flexibility index (Phi) is 2.51. The molecule has 4 amide bonds. The third-order valence-corrected chi connectivity index (χ3v) is 2.71. The predicted molar refractivity (Wildman–Crippen MR) is 59.9 cm³/mol. The van der Waals surface area contributed by atoms with Crippen molar-refractivity contribution in [1.29, 1.82) is 0 Å². The summed E-state index contributed by atoms with van der Waals surface area (Å²) in [7, 11) is 0. The molecule has 6 heteroatoms. The molecular formula is C10H7BrN2O3. The molecule has 1 aromatic rings. The Morgan fingerprint density at radius 1 is 1.25 bits per heavy atom. The zero-order valence-corrected chi connectivity index (χ0v) is 9.87. The number of amides is 4. The van der Waals surface area contributed by atoms with Gasteiger partial charge in [-0.15, -0.1) is 0 Å². The molecule has 5 nitrogen and oxygen atoms in total. The van der Waals surface area contributed by atoms with Crippen molar-refractivity contribution in [3.05, 3.63) is 28.2 Å². The van der Waals surface area contributed by atoms with Crippen LogP contribution in [0.25, 0.3) is 0 Å². The van der Waals surface area contributed by atoms with Gasteiger partial charge in [-0.2, -0.15) is 0 Å². The van der Waals surface area contributed by atoms with Gasteiger partial charge in [0.25, 0.3) is 0 Å². The second-order valence-corrected chi connectivity index (χ2v) is 4.25. The van der Waals surface area contributed by atoms with Crippen LogP contribution in [0.15, 0.2) is 22.7 Å². The molecule has 16 heavy (non-hydrogen) atoms. The van der Waals surface area contributed by atoms with Crippen LogP contribution in [-0.2, 0) is 9.59 Å². The fourth-order valence-corrected chi connectivity index (χ4v) is 1.96. The molecule has 0 atom stereocenters. The van der Waals surface area contributed by atoms with Gasteiger partial charge in [0.05, 0.1) is 5.69 Å². The van der Waals surface area contributed by atoms with E-state index in [1.165, 1.54) is 0 Å². The van der Waals surface area contributed by atoms with E-state index in [2.05, 4.69) is 15.9 Å². The van der Waals surface area contributed by atoms with E-state index >= 15 is 0 Å². The lowest BCUT2D eigenvalue weighted by atomic mass is 10.2. The number of carbonyl (C=O) groups excluding carboxylic acids is 3. The van der Waals surface area contributed by atoms with Crippen LogP contribution in [0, 0.1) is 6.92 Å². The molecule has 0 aromatic heterocycles. The van der Waals surface area contributed by atoms with Crippen molar-refractivity contribution < 1.29 is 14.4 Å². The van der Waals surface area contributed by atoms with Crippen LogP contribution in [-0.4, -0.2) is 17.8 Å². The molecule has 1 aromatic carbocycles. The minimum Gasteiger partial charge on any atom is -0.269 e. The smallest absolute Gasteiger partial charge is 0.269 e. The number of rotatable bonds is 1. The number of aryl methyl sites for hydroxylation is 1. The van der Waals surface area contributed by atoms with Crippen molar-refractivity contribution in [3.8, 4) is 0 Å². The molecular weight excluding hydrogens is 276 g/mol. The molecule has 1 aliphatic heterocycles. The van der Waals surface area contributed by atoms with Crippen LogP contribution >= 0.6 is 15.9 Å². The third-order valence-electron chi connectivity index (χ3n) is 2.22. The van der Waals surface area contributed by atoms with Crippen molar-refractivity contribution in [2.45, 2.75) is 6.92 Å². The first-order valence-electron chi connectivity index (χ1n) is 4.46. The number of hydrogen-bond acceptors (Lipinski definition) is 3. The van der Waals surface area contributed by atoms with Crippen molar-refractivity contribution in [3.63, 3.8) is 0 Å². The molecule has 0 bridgehead atoms. The van der Waals surface area contributed by atoms with Gasteiger partial charge < -0.3 is 0 Å². The molecule has 0 unspecified atom stereocenters. The quantitative estimate of drug-likeness (QED) is 0.624. The number of carbonyl (C=O) groups is 3. The van der Waals surface area contributed by atoms with Crippen LogP contribution in [0.1, 0.15) is 5.56 Å². The van der Waals surface area contributed by atoms with E-state index in [4.69, 9.17) is 0 Å². The molecule has 1 heterocycles. The maximum absolute atomic E-state index is 11.4. The maximum Gasteiger partial charge on any atom is 0.336 e. The second kappa shape index (κ2) is 3.71. The second-order valence-electron chi connectivity index (χ2n) is 3.33. The zero-order valence-electron chi connectivity index (χ0n) is 8.28. The summed E-state index contributed by atoms with van der Waals surface area (Å²) in [6, 6.07) is 4.36. The topological polar surface area (TPSA) is 66.5 Å². The van der Waals surface area contributed by atoms with Crippen LogP contribution in [0.5, 0.6) is 0 Å². The van der Waals surface area contributed by atoms with Crippen molar-refractivity contribution in [1.82, 2.24) is 5.32 Å². The van der Waals surface area contributed by atoms with Crippen LogP contribution in [0.3, 0.4) is 0 Å². The zero-order chi connectivity index (χ0) is 11.9. The highest BCUT2D eigenvalue weighted by Gasteiger charge is 2.38. The van der Waals surface area contributed by atoms with E-state index in [1.807, 2.05) is 5.32 Å². The number of nitrogens with one attached hydrogen (secondary N) is 1. The Balaban J connectivity index is 2.48. The average Bonchev–Trinajstić information content (AvgIpc) is 2.43. The number of benzene rings is 1. The summed E-state index contributed by atoms with van der Waals surface area (Å²) in [4.78, 5) is 34.7. The van der Waals surface area contributed by atoms with Gasteiger partial charge >= 0.3 is 17.8 Å². The molecule has 0 radical (unpaired) electrons. The van der Waals surface area contributed by atoms with Crippen LogP contribution < -0.4 is 10.2 Å². The van der Waals surface area contributed by atoms with Crippen LogP contribution in [0.4, 0.5) is 10.5 Å². The SMILES string of the molecule is Cc1cc(Br)ccc1N1C(=O)NC(=O)C1=O. The Hall–Kier alpha value is -1.69. The normalized spacial score (nSPS) is 15.6. The van der Waals surface area contributed by atoms with Crippen molar-refractivity contribution in [2.75, 3.05) is 4.90 Å². The lowest BCUT2D eigenvalue weighted by molar-refractivity contribution is -0.134. The Bertz CT molecular complexity index is 513. The van der Waals surface area contributed by atoms with Gasteiger partial charge in [-0.05, 0) is 30.7 Å². The van der Waals surface area contributed by atoms with E-state index in [0.717, 1.165) is 14.9 Å². The van der Waals surface area contributed by atoms with Gasteiger partial charge in [-0.25, -0.2) is 9.69 Å². The summed E-state index contributed by atoms with van der Waals surface area (Å²) in [6.07, 6.45) is 0. The molecule has 2 rings (SSSR count). The summed E-state index contributed by atoms with van der Waals surface area (Å²) in [5.41, 5.74) is 1.14. The summed E-state index contributed by atoms with van der Waals surface area (Å²) >= 11 is 3.28. The highest BCUT2D eigenvalue weighted by Crippen LogP contribution is 2.25. The van der Waals surface area contributed by atoms with Crippen molar-refractivity contribution >= 4 is 39.5 Å². The van der Waals surface area contributed by atoms with Gasteiger partial charge in [0.1, 0.15) is 0 Å². The molecule has 1 saturated heterocycles. The Morgan fingerprint density at radius 3 is 2.44 bits per heavy atom. The monoisotopic (exact) mass is 282 g/mol. The first-order valence-corrected chi connectivity index (χ1v) is 5.25. The fraction of sp³-hybridized carbons (Fsp3) is 0.100. The van der Waals surface area contributed by atoms with Gasteiger partial charge in [0.2, 0.25) is 0 Å². The summed E-state index contributed by atoms with van der Waals surface area (Å²) in [5.74, 6) is -1.75. The lowest BCUT2D eigenvalue weighted by Gasteiger charge is -2.14. The number of urea groups is 1. The largest absolute Gasteiger partial charge is 0.336 e. The molecule has 0 spiro atoms. The first-order chi connectivity index (χ1) is 7.50. The van der Waals surface area contributed by atoms with Gasteiger partial charge in [0, 0.05) is 4.47 Å². The number of halogens is 1. The standard InChI is InChI=1S/C10H7BrN2O3/c1-5-4-6(11)2-3-7(5)13-9(15)8(14)12-10(13)16/h2-4H,1H3,(H,12,14,16). The minimum atomic E-state index is -0.896. The van der Waals surface area contributed by atoms with Crippen LogP contribution in [0.2, 0.25) is 0 Å². The molecule has 1 N–H and O–H groups in total. The number of imide groups is 2. The molecule has 0 saturated carbocycles. The fourth-order valence-electron chi connectivity index (χ4n) is 1.49. The maximum atomic E-state index is 11.4. The highest BCUT2D eigenvalue weighted by atomic mass is 79.9. The van der Waals surface area contributed by atoms with Crippen molar-refractivity contribution in [2.24, 2.45) is 0 Å². The summed E-state index contributed by atoms with van der Waals surface area (Å²) in [5, 5.41) is 1.94. The number of nitrogens with zero attached hydrogens (tertiary/aromatic N) is 1. The minimum absolute atomic E-state index is 0.413. The van der Waals surface area contributed by atoms with E-state index in [-0.39, 0.29) is 0 Å². The molecule has 1 aliphatic rings. The van der Waals surface area contributed by atoms with Gasteiger partial charge in [-0.3, -0.25) is 14.9 Å². The first kappa shape index (κ1) is 10.8. The summed E-state index contributed by atoms with van der Waals surface area (Å²) < 4.78 is 0.840. The van der Waals surface area contributed by atoms with E-state index in [9.17, 15) is 14.4 Å².